The molecule has 1 amide bonds. The molecular weight excluding hydrogens is 226 g/mol. The number of halogens is 1. The molecule has 1 heterocycles. The van der Waals surface area contributed by atoms with Gasteiger partial charge in [-0.25, -0.2) is 0 Å². The van der Waals surface area contributed by atoms with Crippen LogP contribution in [0.2, 0.25) is 5.02 Å². The van der Waals surface area contributed by atoms with E-state index >= 15 is 0 Å². The molecule has 2 rings (SSSR count). The van der Waals surface area contributed by atoms with Crippen LogP contribution in [0.1, 0.15) is 23.2 Å². The smallest absolute Gasteiger partial charge is 0.253 e. The fourth-order valence-electron chi connectivity index (χ4n) is 1.90. The van der Waals surface area contributed by atoms with Gasteiger partial charge in [0.15, 0.2) is 0 Å². The highest BCUT2D eigenvalue weighted by atomic mass is 35.5. The lowest BCUT2D eigenvalue weighted by atomic mass is 10.2. The van der Waals surface area contributed by atoms with Crippen molar-refractivity contribution in [3.8, 4) is 5.75 Å². The summed E-state index contributed by atoms with van der Waals surface area (Å²) < 4.78 is 5.05. The van der Waals surface area contributed by atoms with E-state index in [1.54, 1.807) is 25.3 Å². The van der Waals surface area contributed by atoms with Crippen LogP contribution >= 0.6 is 11.6 Å². The van der Waals surface area contributed by atoms with Crippen molar-refractivity contribution >= 4 is 17.5 Å². The number of carbonyl (C=O) groups is 1. The van der Waals surface area contributed by atoms with Gasteiger partial charge >= 0.3 is 0 Å². The van der Waals surface area contributed by atoms with Crippen LogP contribution in [0.15, 0.2) is 18.2 Å². The highest BCUT2D eigenvalue weighted by Gasteiger charge is 2.19. The van der Waals surface area contributed by atoms with Gasteiger partial charge in [0.05, 0.1) is 12.1 Å². The minimum absolute atomic E-state index is 0.0575. The first-order chi connectivity index (χ1) is 7.72. The average Bonchev–Trinajstić information content (AvgIpc) is 2.81. The third-order valence-corrected chi connectivity index (χ3v) is 3.09. The second-order valence-corrected chi connectivity index (χ2v) is 4.26. The zero-order valence-electron chi connectivity index (χ0n) is 9.20. The van der Waals surface area contributed by atoms with Crippen molar-refractivity contribution in [1.29, 1.82) is 0 Å². The Balaban J connectivity index is 2.20. The predicted octanol–water partition coefficient (Wildman–Crippen LogP) is 2.58. The van der Waals surface area contributed by atoms with Gasteiger partial charge in [0.25, 0.3) is 5.91 Å². The summed E-state index contributed by atoms with van der Waals surface area (Å²) in [5.41, 5.74) is 0.632. The van der Waals surface area contributed by atoms with E-state index < -0.39 is 0 Å². The lowest BCUT2D eigenvalue weighted by Gasteiger charge is -2.15. The van der Waals surface area contributed by atoms with Gasteiger partial charge in [-0.2, -0.15) is 0 Å². The zero-order valence-corrected chi connectivity index (χ0v) is 9.96. The van der Waals surface area contributed by atoms with Crippen LogP contribution in [0, 0.1) is 0 Å². The minimum atomic E-state index is 0.0575. The van der Waals surface area contributed by atoms with Crippen LogP contribution < -0.4 is 4.74 Å². The fourth-order valence-corrected chi connectivity index (χ4v) is 2.16. The fraction of sp³-hybridized carbons (Fsp3) is 0.417. The first kappa shape index (κ1) is 11.3. The number of methoxy groups -OCH3 is 1. The molecule has 1 aliphatic rings. The molecule has 0 unspecified atom stereocenters. The summed E-state index contributed by atoms with van der Waals surface area (Å²) in [5.74, 6) is 0.654. The second-order valence-electron chi connectivity index (χ2n) is 3.85. The standard InChI is InChI=1S/C12H14ClNO2/c1-16-11-5-4-9(8-10(11)13)12(15)14-6-2-3-7-14/h4-5,8H,2-3,6-7H2,1H3. The Morgan fingerprint density at radius 2 is 2.06 bits per heavy atom. The molecule has 0 N–H and O–H groups in total. The maximum atomic E-state index is 12.0. The summed E-state index contributed by atoms with van der Waals surface area (Å²) >= 11 is 5.98. The van der Waals surface area contributed by atoms with E-state index in [-0.39, 0.29) is 5.91 Å². The molecule has 1 fully saturated rings. The highest BCUT2D eigenvalue weighted by Crippen LogP contribution is 2.26. The monoisotopic (exact) mass is 239 g/mol. The molecule has 1 aromatic rings. The summed E-state index contributed by atoms with van der Waals surface area (Å²) in [6.45, 7) is 1.70. The van der Waals surface area contributed by atoms with E-state index in [1.165, 1.54) is 0 Å². The number of rotatable bonds is 2. The van der Waals surface area contributed by atoms with Crippen molar-refractivity contribution in [2.45, 2.75) is 12.8 Å². The van der Waals surface area contributed by atoms with Crippen LogP contribution in [-0.4, -0.2) is 31.0 Å². The topological polar surface area (TPSA) is 29.5 Å². The molecule has 86 valence electrons. The number of nitrogens with zero attached hydrogens (tertiary/aromatic N) is 1. The molecule has 0 aromatic heterocycles. The number of carbonyl (C=O) groups excluding carboxylic acids is 1. The molecular formula is C12H14ClNO2. The molecule has 1 aromatic carbocycles. The minimum Gasteiger partial charge on any atom is -0.495 e. The maximum absolute atomic E-state index is 12.0. The summed E-state index contributed by atoms with van der Waals surface area (Å²) in [4.78, 5) is 13.9. The number of hydrogen-bond acceptors (Lipinski definition) is 2. The SMILES string of the molecule is COc1ccc(C(=O)N2CCCC2)cc1Cl. The molecule has 3 nitrogen and oxygen atoms in total. The van der Waals surface area contributed by atoms with E-state index in [4.69, 9.17) is 16.3 Å². The predicted molar refractivity (Wildman–Crippen MR) is 63.1 cm³/mol. The maximum Gasteiger partial charge on any atom is 0.253 e. The zero-order chi connectivity index (χ0) is 11.5. The molecule has 1 saturated heterocycles. The van der Waals surface area contributed by atoms with Crippen LogP contribution in [0.5, 0.6) is 5.75 Å². The molecule has 0 spiro atoms. The number of hydrogen-bond donors (Lipinski definition) is 0. The highest BCUT2D eigenvalue weighted by molar-refractivity contribution is 6.32. The van der Waals surface area contributed by atoms with E-state index in [0.717, 1.165) is 25.9 Å². The molecule has 4 heteroatoms. The normalized spacial score (nSPS) is 15.2. The molecule has 0 saturated carbocycles. The number of amides is 1. The summed E-state index contributed by atoms with van der Waals surface area (Å²) in [6, 6.07) is 5.15. The second kappa shape index (κ2) is 4.74. The van der Waals surface area contributed by atoms with Gasteiger partial charge in [0.1, 0.15) is 5.75 Å². The molecule has 0 radical (unpaired) electrons. The molecule has 0 bridgehead atoms. The molecule has 0 atom stereocenters. The molecule has 0 aliphatic carbocycles. The summed E-state index contributed by atoms with van der Waals surface area (Å²) in [7, 11) is 1.56. The lowest BCUT2D eigenvalue weighted by molar-refractivity contribution is 0.0793. The number of ether oxygens (including phenoxy) is 1. The Labute approximate surface area is 100.0 Å². The first-order valence-corrected chi connectivity index (χ1v) is 5.73. The molecule has 16 heavy (non-hydrogen) atoms. The van der Waals surface area contributed by atoms with Crippen molar-refractivity contribution in [1.82, 2.24) is 4.90 Å². The van der Waals surface area contributed by atoms with Crippen molar-refractivity contribution in [2.24, 2.45) is 0 Å². The van der Waals surface area contributed by atoms with Crippen molar-refractivity contribution in [3.05, 3.63) is 28.8 Å². The molecule has 1 aliphatic heterocycles. The third-order valence-electron chi connectivity index (χ3n) is 2.79. The summed E-state index contributed by atoms with van der Waals surface area (Å²) in [5, 5.41) is 0.479. The van der Waals surface area contributed by atoms with Crippen molar-refractivity contribution in [3.63, 3.8) is 0 Å². The van der Waals surface area contributed by atoms with E-state index in [2.05, 4.69) is 0 Å². The van der Waals surface area contributed by atoms with E-state index in [0.29, 0.717) is 16.3 Å². The Bertz CT molecular complexity index is 400. The number of benzene rings is 1. The van der Waals surface area contributed by atoms with Gasteiger partial charge in [-0.1, -0.05) is 11.6 Å². The van der Waals surface area contributed by atoms with Crippen LogP contribution in [0.3, 0.4) is 0 Å². The van der Waals surface area contributed by atoms with Crippen LogP contribution in [-0.2, 0) is 0 Å². The Hall–Kier alpha value is -1.22. The van der Waals surface area contributed by atoms with Crippen LogP contribution in [0.25, 0.3) is 0 Å². The van der Waals surface area contributed by atoms with Gasteiger partial charge in [-0.3, -0.25) is 4.79 Å². The van der Waals surface area contributed by atoms with E-state index in [1.807, 2.05) is 4.90 Å². The van der Waals surface area contributed by atoms with Gasteiger partial charge in [-0.05, 0) is 31.0 Å². The lowest BCUT2D eigenvalue weighted by Crippen LogP contribution is -2.27. The van der Waals surface area contributed by atoms with Crippen molar-refractivity contribution < 1.29 is 9.53 Å². The Morgan fingerprint density at radius 1 is 1.38 bits per heavy atom. The largest absolute Gasteiger partial charge is 0.495 e. The third kappa shape index (κ3) is 2.14. The Morgan fingerprint density at radius 3 is 2.62 bits per heavy atom. The Kier molecular flexibility index (Phi) is 3.34. The van der Waals surface area contributed by atoms with Crippen molar-refractivity contribution in [2.75, 3.05) is 20.2 Å². The quantitative estimate of drug-likeness (QED) is 0.794. The van der Waals surface area contributed by atoms with Crippen LogP contribution in [0.4, 0.5) is 0 Å². The first-order valence-electron chi connectivity index (χ1n) is 5.35. The van der Waals surface area contributed by atoms with Gasteiger partial charge < -0.3 is 9.64 Å². The van der Waals surface area contributed by atoms with Gasteiger partial charge in [-0.15, -0.1) is 0 Å². The summed E-state index contributed by atoms with van der Waals surface area (Å²) in [6.07, 6.45) is 2.19. The van der Waals surface area contributed by atoms with Gasteiger partial charge in [0, 0.05) is 18.7 Å². The van der Waals surface area contributed by atoms with Gasteiger partial charge in [0.2, 0.25) is 0 Å². The van der Waals surface area contributed by atoms with E-state index in [9.17, 15) is 4.79 Å². The number of likely N-dealkylation sites (tertiary alicyclic amines) is 1. The average molecular weight is 240 g/mol.